The highest BCUT2D eigenvalue weighted by molar-refractivity contribution is 5.94. The molecule has 1 N–H and O–H groups in total. The molecule has 0 radical (unpaired) electrons. The van der Waals surface area contributed by atoms with Gasteiger partial charge in [-0.3, -0.25) is 9.69 Å². The van der Waals surface area contributed by atoms with Gasteiger partial charge in [-0.2, -0.15) is 0 Å². The van der Waals surface area contributed by atoms with E-state index in [2.05, 4.69) is 36.9 Å². The van der Waals surface area contributed by atoms with E-state index in [1.54, 1.807) is 31.1 Å². The second-order valence-electron chi connectivity index (χ2n) is 9.94. The monoisotopic (exact) mass is 500 g/mol. The zero-order valence-electron chi connectivity index (χ0n) is 21.8. The number of benzene rings is 1. The van der Waals surface area contributed by atoms with E-state index in [9.17, 15) is 4.79 Å². The van der Waals surface area contributed by atoms with Gasteiger partial charge in [0.05, 0.1) is 0 Å². The summed E-state index contributed by atoms with van der Waals surface area (Å²) >= 11 is 0. The quantitative estimate of drug-likeness (QED) is 0.416. The number of alkyl halides is 1. The van der Waals surface area contributed by atoms with Crippen LogP contribution in [0.4, 0.5) is 10.2 Å². The van der Waals surface area contributed by atoms with Gasteiger partial charge in [0.15, 0.2) is 0 Å². The van der Waals surface area contributed by atoms with Gasteiger partial charge in [0.25, 0.3) is 5.91 Å². The van der Waals surface area contributed by atoms with Crippen LogP contribution in [0.3, 0.4) is 0 Å². The molecular weight excluding hydrogens is 467 g/mol. The highest BCUT2D eigenvalue weighted by Gasteiger charge is 2.31. The number of aryl methyl sites for hydroxylation is 1. The lowest BCUT2D eigenvalue weighted by molar-refractivity contribution is 0.0827. The van der Waals surface area contributed by atoms with Gasteiger partial charge in [-0.05, 0) is 60.5 Å². The molecule has 2 atom stereocenters. The summed E-state index contributed by atoms with van der Waals surface area (Å²) < 4.78 is 17.5. The third-order valence-electron chi connectivity index (χ3n) is 7.36. The molecule has 8 heteroatoms. The minimum absolute atomic E-state index is 0.0444. The van der Waals surface area contributed by atoms with Gasteiger partial charge in [0.1, 0.15) is 17.6 Å². The van der Waals surface area contributed by atoms with Crippen LogP contribution in [-0.4, -0.2) is 70.6 Å². The highest BCUT2D eigenvalue weighted by Crippen LogP contribution is 2.33. The number of rotatable bonds is 6. The van der Waals surface area contributed by atoms with Crippen molar-refractivity contribution in [2.75, 3.05) is 39.5 Å². The Bertz CT molecular complexity index is 1400. The number of pyridine rings is 2. The summed E-state index contributed by atoms with van der Waals surface area (Å²) in [5.74, 6) is 0.621. The summed E-state index contributed by atoms with van der Waals surface area (Å²) in [5, 5.41) is 4.12. The number of hydrogen-bond donors (Lipinski definition) is 1. The summed E-state index contributed by atoms with van der Waals surface area (Å²) in [6.07, 6.45) is 3.46. The number of carbonyl (C=O) groups excluding carboxylic acids is 1. The van der Waals surface area contributed by atoms with Crippen molar-refractivity contribution in [3.8, 4) is 11.1 Å². The second-order valence-corrected chi connectivity index (χ2v) is 9.94. The number of aromatic nitrogens is 3. The van der Waals surface area contributed by atoms with Crippen LogP contribution in [0.5, 0.6) is 0 Å². The van der Waals surface area contributed by atoms with Gasteiger partial charge in [-0.25, -0.2) is 14.4 Å². The summed E-state index contributed by atoms with van der Waals surface area (Å²) in [7, 11) is 7.33. The fraction of sp³-hybridized carbons (Fsp3) is 0.345. The first-order valence-electron chi connectivity index (χ1n) is 12.6. The van der Waals surface area contributed by atoms with Crippen LogP contribution in [0.25, 0.3) is 22.2 Å². The third-order valence-corrected chi connectivity index (χ3v) is 7.36. The number of nitrogens with one attached hydrogen (secondary N) is 1. The van der Waals surface area contributed by atoms with Gasteiger partial charge in [-0.15, -0.1) is 0 Å². The number of likely N-dealkylation sites (tertiary alicyclic amines) is 1. The van der Waals surface area contributed by atoms with Crippen LogP contribution in [0, 0.1) is 0 Å². The second kappa shape index (κ2) is 10.3. The van der Waals surface area contributed by atoms with Crippen LogP contribution in [0.2, 0.25) is 0 Å². The first kappa shape index (κ1) is 24.9. The Morgan fingerprint density at radius 3 is 2.57 bits per heavy atom. The maximum Gasteiger partial charge on any atom is 0.253 e. The fourth-order valence-electron chi connectivity index (χ4n) is 5.22. The molecule has 0 spiro atoms. The number of halogens is 1. The molecule has 1 aromatic carbocycles. The SMILES string of the molecule is CNc1ccc(-c2ccnc3c2cc(CN2CC[C@H](c4ccc(C(=O)N(C)C)cc4)[C@@H](F)C2)n3C)cn1. The molecule has 1 saturated heterocycles. The normalized spacial score (nSPS) is 18.2. The molecule has 1 fully saturated rings. The van der Waals surface area contributed by atoms with Crippen molar-refractivity contribution in [1.82, 2.24) is 24.3 Å². The maximum absolute atomic E-state index is 15.4. The number of nitrogens with zero attached hydrogens (tertiary/aromatic N) is 5. The third kappa shape index (κ3) is 4.93. The van der Waals surface area contributed by atoms with Gasteiger partial charge >= 0.3 is 0 Å². The average Bonchev–Trinajstić information content (AvgIpc) is 3.23. The largest absolute Gasteiger partial charge is 0.373 e. The van der Waals surface area contributed by atoms with Gasteiger partial charge in [0, 0.05) is 81.8 Å². The molecule has 7 nitrogen and oxygen atoms in total. The molecule has 0 bridgehead atoms. The smallest absolute Gasteiger partial charge is 0.253 e. The number of hydrogen-bond acceptors (Lipinski definition) is 5. The van der Waals surface area contributed by atoms with E-state index < -0.39 is 6.17 Å². The molecule has 1 aliphatic heterocycles. The summed E-state index contributed by atoms with van der Waals surface area (Å²) in [6.45, 7) is 1.84. The Balaban J connectivity index is 1.31. The van der Waals surface area contributed by atoms with Crippen LogP contribution in [0.1, 0.15) is 34.0 Å². The summed E-state index contributed by atoms with van der Waals surface area (Å²) in [6, 6.07) is 15.6. The number of anilines is 1. The van der Waals surface area contributed by atoms with E-state index in [4.69, 9.17) is 0 Å². The Hall–Kier alpha value is -3.78. The van der Waals surface area contributed by atoms with E-state index in [1.807, 2.05) is 50.8 Å². The van der Waals surface area contributed by atoms with Gasteiger partial charge in [0.2, 0.25) is 0 Å². The van der Waals surface area contributed by atoms with Gasteiger partial charge in [-0.1, -0.05) is 12.1 Å². The minimum atomic E-state index is -0.968. The van der Waals surface area contributed by atoms with Gasteiger partial charge < -0.3 is 14.8 Å². The lowest BCUT2D eigenvalue weighted by Crippen LogP contribution is -2.40. The number of piperidine rings is 1. The predicted molar refractivity (Wildman–Crippen MR) is 145 cm³/mol. The van der Waals surface area contributed by atoms with Crippen LogP contribution in [0.15, 0.2) is 60.9 Å². The molecule has 3 aromatic heterocycles. The molecule has 0 unspecified atom stereocenters. The minimum Gasteiger partial charge on any atom is -0.373 e. The molecule has 4 aromatic rings. The zero-order chi connectivity index (χ0) is 26.1. The molecule has 192 valence electrons. The van der Waals surface area contributed by atoms with E-state index in [1.165, 1.54) is 0 Å². The molecule has 37 heavy (non-hydrogen) atoms. The number of fused-ring (bicyclic) bond motifs is 1. The number of amides is 1. The van der Waals surface area contributed by atoms with Crippen molar-refractivity contribution >= 4 is 22.8 Å². The van der Waals surface area contributed by atoms with Crippen molar-refractivity contribution < 1.29 is 9.18 Å². The lowest BCUT2D eigenvalue weighted by Gasteiger charge is -2.35. The summed E-state index contributed by atoms with van der Waals surface area (Å²) in [4.78, 5) is 25.0. The Labute approximate surface area is 216 Å². The first-order chi connectivity index (χ1) is 17.9. The molecule has 0 saturated carbocycles. The van der Waals surface area contributed by atoms with Crippen LogP contribution >= 0.6 is 0 Å². The summed E-state index contributed by atoms with van der Waals surface area (Å²) in [5.41, 5.74) is 5.71. The number of carbonyl (C=O) groups is 1. The molecule has 1 aliphatic rings. The molecular formula is C29H33FN6O. The van der Waals surface area contributed by atoms with Crippen molar-refractivity contribution in [3.63, 3.8) is 0 Å². The zero-order valence-corrected chi connectivity index (χ0v) is 21.8. The first-order valence-corrected chi connectivity index (χ1v) is 12.6. The lowest BCUT2D eigenvalue weighted by atomic mass is 9.87. The maximum atomic E-state index is 15.4. The van der Waals surface area contributed by atoms with Crippen molar-refractivity contribution in [3.05, 3.63) is 77.7 Å². The Morgan fingerprint density at radius 1 is 1.14 bits per heavy atom. The molecule has 4 heterocycles. The predicted octanol–water partition coefficient (Wildman–Crippen LogP) is 4.71. The molecule has 0 aliphatic carbocycles. The van der Waals surface area contributed by atoms with E-state index in [0.717, 1.165) is 52.2 Å². The van der Waals surface area contributed by atoms with E-state index in [0.29, 0.717) is 18.7 Å². The molecule has 5 rings (SSSR count). The van der Waals surface area contributed by atoms with Crippen LogP contribution in [-0.2, 0) is 13.6 Å². The molecule has 1 amide bonds. The van der Waals surface area contributed by atoms with Crippen molar-refractivity contribution in [1.29, 1.82) is 0 Å². The standard InChI is InChI=1S/C29H33FN6O/c1-31-27-10-9-21(16-33-27)23-11-13-32-28-25(23)15-22(35(28)4)17-36-14-12-24(26(30)18-36)19-5-7-20(8-6-19)29(37)34(2)3/h5-11,13,15-16,24,26H,12,14,17-18H2,1-4H3,(H,31,33)/t24-,26+/m1/s1. The average molecular weight is 501 g/mol. The topological polar surface area (TPSA) is 66.3 Å². The van der Waals surface area contributed by atoms with E-state index >= 15 is 4.39 Å². The van der Waals surface area contributed by atoms with E-state index in [-0.39, 0.29) is 11.8 Å². The van der Waals surface area contributed by atoms with Crippen molar-refractivity contribution in [2.24, 2.45) is 7.05 Å². The fourth-order valence-corrected chi connectivity index (χ4v) is 5.22. The Kier molecular flexibility index (Phi) is 6.93. The van der Waals surface area contributed by atoms with Crippen LogP contribution < -0.4 is 5.32 Å². The highest BCUT2D eigenvalue weighted by atomic mass is 19.1. The van der Waals surface area contributed by atoms with Crippen molar-refractivity contribution in [2.45, 2.75) is 25.1 Å². The Morgan fingerprint density at radius 2 is 1.92 bits per heavy atom.